The number of oxazole rings is 1. The molecule has 1 aromatic carbocycles. The van der Waals surface area contributed by atoms with Gasteiger partial charge in [-0.1, -0.05) is 0 Å². The number of nitrogens with two attached hydrogens (primary N) is 1. The fraction of sp³-hybridized carbons (Fsp3) is 0. The Morgan fingerprint density at radius 1 is 1.54 bits per heavy atom. The lowest BCUT2D eigenvalue weighted by molar-refractivity contribution is 0.100. The highest BCUT2D eigenvalue weighted by Gasteiger charge is 2.06. The van der Waals surface area contributed by atoms with Gasteiger partial charge in [-0.25, -0.2) is 0 Å². The highest BCUT2D eigenvalue weighted by molar-refractivity contribution is 5.95. The molecule has 0 aliphatic heterocycles. The molecule has 0 radical (unpaired) electrons. The zero-order valence-electron chi connectivity index (χ0n) is 6.52. The Morgan fingerprint density at radius 3 is 3.00 bits per heavy atom. The van der Waals surface area contributed by atoms with Gasteiger partial charge in [0.05, 0.1) is 0 Å². The summed E-state index contributed by atoms with van der Waals surface area (Å²) in [7, 11) is 0. The molecule has 0 aliphatic rings. The van der Waals surface area contributed by atoms with E-state index >= 15 is 0 Å². The second-order valence-electron chi connectivity index (χ2n) is 2.54. The predicted octanol–water partition coefficient (Wildman–Crippen LogP) is 0.632. The van der Waals surface area contributed by atoms with Gasteiger partial charge in [0.15, 0.2) is 5.58 Å². The van der Waals surface area contributed by atoms with E-state index in [4.69, 9.17) is 15.3 Å². The molecule has 0 bridgehead atoms. The van der Waals surface area contributed by atoms with Crippen LogP contribution >= 0.6 is 0 Å². The maximum absolute atomic E-state index is 10.8. The molecule has 0 aliphatic carbocycles. The Hall–Kier alpha value is -2.04. The molecule has 13 heavy (non-hydrogen) atoms. The average molecular weight is 178 g/mol. The third-order valence-electron chi connectivity index (χ3n) is 1.66. The molecule has 1 amide bonds. The second-order valence-corrected chi connectivity index (χ2v) is 2.54. The molecule has 5 nitrogen and oxygen atoms in total. The van der Waals surface area contributed by atoms with E-state index < -0.39 is 12.0 Å². The Kier molecular flexibility index (Phi) is 1.45. The molecular weight excluding hydrogens is 172 g/mol. The lowest BCUT2D eigenvalue weighted by Gasteiger charge is -1.91. The number of amides is 1. The molecular formula is C8H6N2O3. The standard InChI is InChI=1S/C8H6N2O3/c9-7(11)4-1-2-6-5(3-4)10-8(12)13-6/h1-3H,(H2,9,11)(H,10,12). The minimum atomic E-state index is -0.538. The maximum Gasteiger partial charge on any atom is 0.392 e. The summed E-state index contributed by atoms with van der Waals surface area (Å²) < 4.78 is 4.79. The summed E-state index contributed by atoms with van der Waals surface area (Å²) >= 11 is 0. The van der Waals surface area contributed by atoms with Crippen molar-refractivity contribution in [3.8, 4) is 6.08 Å². The molecule has 2 aromatic rings. The van der Waals surface area contributed by atoms with Gasteiger partial charge in [-0.15, -0.1) is 0 Å². The van der Waals surface area contributed by atoms with E-state index in [1.807, 2.05) is 0 Å². The van der Waals surface area contributed by atoms with Gasteiger partial charge in [0, 0.05) is 5.56 Å². The number of hydrogen-bond donors (Lipinski definition) is 2. The van der Waals surface area contributed by atoms with Gasteiger partial charge in [0.25, 0.3) is 0 Å². The predicted molar refractivity (Wildman–Crippen MR) is 44.2 cm³/mol. The molecule has 0 saturated carbocycles. The number of aromatic hydroxyl groups is 1. The Bertz CT molecular complexity index is 475. The largest absolute Gasteiger partial charge is 0.466 e. The molecule has 1 heterocycles. The van der Waals surface area contributed by atoms with Gasteiger partial charge >= 0.3 is 6.08 Å². The van der Waals surface area contributed by atoms with Crippen LogP contribution in [-0.2, 0) is 0 Å². The molecule has 0 atom stereocenters. The van der Waals surface area contributed by atoms with Gasteiger partial charge in [-0.2, -0.15) is 4.98 Å². The number of nitrogens with zero attached hydrogens (tertiary/aromatic N) is 1. The first-order valence-electron chi connectivity index (χ1n) is 3.56. The van der Waals surface area contributed by atoms with Crippen molar-refractivity contribution >= 4 is 17.0 Å². The molecule has 0 saturated heterocycles. The van der Waals surface area contributed by atoms with E-state index in [1.54, 1.807) is 0 Å². The summed E-state index contributed by atoms with van der Waals surface area (Å²) in [6.45, 7) is 0. The zero-order valence-corrected chi connectivity index (χ0v) is 6.52. The number of aromatic nitrogens is 1. The third kappa shape index (κ3) is 1.20. The van der Waals surface area contributed by atoms with Crippen LogP contribution in [0.2, 0.25) is 0 Å². The number of primary amides is 1. The van der Waals surface area contributed by atoms with Crippen LogP contribution in [0, 0.1) is 0 Å². The molecule has 2 rings (SSSR count). The van der Waals surface area contributed by atoms with E-state index in [9.17, 15) is 4.79 Å². The van der Waals surface area contributed by atoms with Crippen molar-refractivity contribution in [1.29, 1.82) is 0 Å². The summed E-state index contributed by atoms with van der Waals surface area (Å²) in [6.07, 6.45) is -0.420. The number of rotatable bonds is 1. The molecule has 0 fully saturated rings. The lowest BCUT2D eigenvalue weighted by atomic mass is 10.2. The van der Waals surface area contributed by atoms with Crippen LogP contribution in [0.15, 0.2) is 22.6 Å². The van der Waals surface area contributed by atoms with Crippen molar-refractivity contribution < 1.29 is 14.3 Å². The molecule has 3 N–H and O–H groups in total. The van der Waals surface area contributed by atoms with E-state index in [0.717, 1.165) is 0 Å². The average Bonchev–Trinajstić information content (AvgIpc) is 2.42. The smallest absolute Gasteiger partial charge is 0.392 e. The fourth-order valence-electron chi connectivity index (χ4n) is 1.07. The van der Waals surface area contributed by atoms with Gasteiger partial charge < -0.3 is 15.3 Å². The van der Waals surface area contributed by atoms with Crippen LogP contribution < -0.4 is 5.73 Å². The van der Waals surface area contributed by atoms with Crippen molar-refractivity contribution in [2.24, 2.45) is 5.73 Å². The minimum Gasteiger partial charge on any atom is -0.466 e. The minimum absolute atomic E-state index is 0.334. The molecule has 66 valence electrons. The number of carbonyl (C=O) groups is 1. The van der Waals surface area contributed by atoms with E-state index in [-0.39, 0.29) is 0 Å². The van der Waals surface area contributed by atoms with Crippen LogP contribution in [0.4, 0.5) is 0 Å². The Labute approximate surface area is 72.8 Å². The molecule has 5 heteroatoms. The van der Waals surface area contributed by atoms with Crippen LogP contribution in [0.25, 0.3) is 11.1 Å². The van der Waals surface area contributed by atoms with Crippen LogP contribution in [-0.4, -0.2) is 16.0 Å². The number of carbonyl (C=O) groups excluding carboxylic acids is 1. The third-order valence-corrected chi connectivity index (χ3v) is 1.66. The summed E-state index contributed by atoms with van der Waals surface area (Å²) in [5.74, 6) is -0.538. The Balaban J connectivity index is 2.67. The molecule has 1 aromatic heterocycles. The first kappa shape index (κ1) is 7.60. The van der Waals surface area contributed by atoms with Crippen molar-refractivity contribution in [3.63, 3.8) is 0 Å². The van der Waals surface area contributed by atoms with E-state index in [1.165, 1.54) is 18.2 Å². The van der Waals surface area contributed by atoms with E-state index in [0.29, 0.717) is 16.7 Å². The monoisotopic (exact) mass is 178 g/mol. The first-order valence-corrected chi connectivity index (χ1v) is 3.56. The highest BCUT2D eigenvalue weighted by atomic mass is 16.5. The van der Waals surface area contributed by atoms with Crippen molar-refractivity contribution in [1.82, 2.24) is 4.98 Å². The molecule has 0 spiro atoms. The lowest BCUT2D eigenvalue weighted by Crippen LogP contribution is -2.10. The van der Waals surface area contributed by atoms with Crippen molar-refractivity contribution in [2.75, 3.05) is 0 Å². The number of benzene rings is 1. The summed E-state index contributed by atoms with van der Waals surface area (Å²) in [6, 6.07) is 4.50. The van der Waals surface area contributed by atoms with Gasteiger partial charge in [-0.3, -0.25) is 4.79 Å². The van der Waals surface area contributed by atoms with Crippen LogP contribution in [0.1, 0.15) is 10.4 Å². The summed E-state index contributed by atoms with van der Waals surface area (Å²) in [5, 5.41) is 8.89. The summed E-state index contributed by atoms with van der Waals surface area (Å²) in [4.78, 5) is 14.4. The van der Waals surface area contributed by atoms with Crippen LogP contribution in [0.5, 0.6) is 6.08 Å². The van der Waals surface area contributed by atoms with Gasteiger partial charge in [0.1, 0.15) is 5.52 Å². The topological polar surface area (TPSA) is 89.4 Å². The zero-order chi connectivity index (χ0) is 9.42. The van der Waals surface area contributed by atoms with Crippen molar-refractivity contribution in [2.45, 2.75) is 0 Å². The maximum atomic E-state index is 10.8. The number of fused-ring (bicyclic) bond motifs is 1. The Morgan fingerprint density at radius 2 is 2.31 bits per heavy atom. The molecule has 0 unspecified atom stereocenters. The van der Waals surface area contributed by atoms with Gasteiger partial charge in [0.2, 0.25) is 5.91 Å². The first-order chi connectivity index (χ1) is 6.16. The number of hydrogen-bond acceptors (Lipinski definition) is 4. The SMILES string of the molecule is NC(=O)c1ccc2oc(O)nc2c1. The van der Waals surface area contributed by atoms with Crippen LogP contribution in [0.3, 0.4) is 0 Å². The van der Waals surface area contributed by atoms with E-state index in [2.05, 4.69) is 4.98 Å². The van der Waals surface area contributed by atoms with Gasteiger partial charge in [-0.05, 0) is 18.2 Å². The quantitative estimate of drug-likeness (QED) is 0.670. The normalized spacial score (nSPS) is 10.5. The summed E-state index contributed by atoms with van der Waals surface area (Å²) in [5.41, 5.74) is 6.22. The van der Waals surface area contributed by atoms with Crippen molar-refractivity contribution in [3.05, 3.63) is 23.8 Å². The fourth-order valence-corrected chi connectivity index (χ4v) is 1.07. The second kappa shape index (κ2) is 2.48. The highest BCUT2D eigenvalue weighted by Crippen LogP contribution is 2.19.